The standard InChI is InChI=1S/C20H22ClNO8S/c1-31(25,26)30-12-16(22-20(24)29-11-13-5-3-2-4-6-13)18(23)14-9-15(21)19-17(10-14)27-7-8-28-19/h2-6,9-10,16,18,23H,7-8,11-12H2,1H3,(H,22,24)/t16-,18-/m1/s1. The SMILES string of the molecule is CS(=O)(=O)OC[C@@H](NC(=O)OCc1ccccc1)[C@H](O)c1cc(Cl)c2c(c1)OCCO2. The molecule has 2 N–H and O–H groups in total. The average Bonchev–Trinajstić information content (AvgIpc) is 2.75. The van der Waals surface area contributed by atoms with Gasteiger partial charge in [0.05, 0.1) is 23.9 Å². The second-order valence-corrected chi connectivity index (χ2v) is 8.82. The van der Waals surface area contributed by atoms with Crippen molar-refractivity contribution in [3.8, 4) is 11.5 Å². The number of aliphatic hydroxyl groups excluding tert-OH is 1. The number of carbonyl (C=O) groups excluding carboxylic acids is 1. The van der Waals surface area contributed by atoms with Gasteiger partial charge in [-0.15, -0.1) is 0 Å². The summed E-state index contributed by atoms with van der Waals surface area (Å²) in [5.41, 5.74) is 1.04. The molecule has 0 saturated heterocycles. The normalized spacial score (nSPS) is 15.1. The summed E-state index contributed by atoms with van der Waals surface area (Å²) in [5.74, 6) is 0.685. The molecule has 2 atom stereocenters. The number of hydrogen-bond acceptors (Lipinski definition) is 8. The minimum Gasteiger partial charge on any atom is -0.486 e. The maximum Gasteiger partial charge on any atom is 0.407 e. The van der Waals surface area contributed by atoms with Crippen molar-refractivity contribution in [3.05, 3.63) is 58.6 Å². The first kappa shape index (κ1) is 23.1. The molecule has 0 spiro atoms. The Kier molecular flexibility index (Phi) is 7.60. The fourth-order valence-corrected chi connectivity index (χ4v) is 3.53. The van der Waals surface area contributed by atoms with E-state index in [0.29, 0.717) is 24.7 Å². The van der Waals surface area contributed by atoms with Crippen LogP contribution < -0.4 is 14.8 Å². The number of carbonyl (C=O) groups is 1. The molecule has 3 rings (SSSR count). The second-order valence-electron chi connectivity index (χ2n) is 6.77. The Hall–Kier alpha value is -2.53. The summed E-state index contributed by atoms with van der Waals surface area (Å²) in [6.07, 6.45) is -1.36. The molecule has 1 amide bonds. The number of rotatable bonds is 8. The van der Waals surface area contributed by atoms with Crippen molar-refractivity contribution in [1.82, 2.24) is 5.32 Å². The van der Waals surface area contributed by atoms with E-state index in [9.17, 15) is 18.3 Å². The number of alkyl carbamates (subject to hydrolysis) is 1. The van der Waals surface area contributed by atoms with Crippen molar-refractivity contribution in [2.75, 3.05) is 26.1 Å². The molecule has 0 aromatic heterocycles. The summed E-state index contributed by atoms with van der Waals surface area (Å²) in [5, 5.41) is 13.5. The molecule has 168 valence electrons. The molecule has 31 heavy (non-hydrogen) atoms. The number of ether oxygens (including phenoxy) is 3. The molecule has 0 saturated carbocycles. The van der Waals surface area contributed by atoms with Crippen LogP contribution in [0.3, 0.4) is 0 Å². The highest BCUT2D eigenvalue weighted by Crippen LogP contribution is 2.40. The fourth-order valence-electron chi connectivity index (χ4n) is 2.86. The number of nitrogens with one attached hydrogen (secondary N) is 1. The van der Waals surface area contributed by atoms with Crippen LogP contribution >= 0.6 is 11.6 Å². The third kappa shape index (κ3) is 6.73. The molecule has 2 aromatic carbocycles. The Labute approximate surface area is 184 Å². The lowest BCUT2D eigenvalue weighted by Crippen LogP contribution is -2.43. The largest absolute Gasteiger partial charge is 0.486 e. The summed E-state index contributed by atoms with van der Waals surface area (Å²) in [6.45, 7) is 0.132. The third-order valence-corrected chi connectivity index (χ3v) is 5.16. The predicted octanol–water partition coefficient (Wildman–Crippen LogP) is 2.42. The van der Waals surface area contributed by atoms with E-state index in [-0.39, 0.29) is 17.2 Å². The van der Waals surface area contributed by atoms with Crippen molar-refractivity contribution in [3.63, 3.8) is 0 Å². The molecule has 2 aromatic rings. The fraction of sp³-hybridized carbons (Fsp3) is 0.350. The van der Waals surface area contributed by atoms with Crippen molar-refractivity contribution < 1.29 is 36.7 Å². The van der Waals surface area contributed by atoms with Gasteiger partial charge in [-0.1, -0.05) is 41.9 Å². The smallest absolute Gasteiger partial charge is 0.407 e. The number of aliphatic hydroxyl groups is 1. The van der Waals surface area contributed by atoms with Crippen LogP contribution in [0.5, 0.6) is 11.5 Å². The summed E-state index contributed by atoms with van der Waals surface area (Å²) in [4.78, 5) is 12.3. The minimum absolute atomic E-state index is 0.00171. The Morgan fingerprint density at radius 1 is 1.23 bits per heavy atom. The van der Waals surface area contributed by atoms with Crippen LogP contribution in [0.2, 0.25) is 5.02 Å². The van der Waals surface area contributed by atoms with Crippen LogP contribution in [-0.2, 0) is 25.6 Å². The van der Waals surface area contributed by atoms with Gasteiger partial charge in [0.15, 0.2) is 11.5 Å². The monoisotopic (exact) mass is 471 g/mol. The molecule has 0 aliphatic carbocycles. The van der Waals surface area contributed by atoms with E-state index in [2.05, 4.69) is 5.32 Å². The van der Waals surface area contributed by atoms with Crippen molar-refractivity contribution in [2.24, 2.45) is 0 Å². The Balaban J connectivity index is 1.74. The van der Waals surface area contributed by atoms with Gasteiger partial charge < -0.3 is 24.6 Å². The topological polar surface area (TPSA) is 120 Å². The maximum absolute atomic E-state index is 12.3. The Morgan fingerprint density at radius 3 is 2.65 bits per heavy atom. The van der Waals surface area contributed by atoms with E-state index in [4.69, 9.17) is 30.0 Å². The van der Waals surface area contributed by atoms with Crippen molar-refractivity contribution >= 4 is 27.8 Å². The average molecular weight is 472 g/mol. The zero-order valence-electron chi connectivity index (χ0n) is 16.6. The van der Waals surface area contributed by atoms with Crippen LogP contribution in [0.25, 0.3) is 0 Å². The minimum atomic E-state index is -3.82. The van der Waals surface area contributed by atoms with E-state index in [0.717, 1.165) is 11.8 Å². The lowest BCUT2D eigenvalue weighted by molar-refractivity contribution is 0.0824. The molecular formula is C20H22ClNO8S. The second kappa shape index (κ2) is 10.2. The van der Waals surface area contributed by atoms with E-state index >= 15 is 0 Å². The van der Waals surface area contributed by atoms with Gasteiger partial charge in [-0.2, -0.15) is 8.42 Å². The van der Waals surface area contributed by atoms with Crippen LogP contribution in [-0.4, -0.2) is 51.7 Å². The molecule has 11 heteroatoms. The predicted molar refractivity (Wildman–Crippen MR) is 112 cm³/mol. The molecule has 1 aliphatic rings. The van der Waals surface area contributed by atoms with Crippen LogP contribution in [0.1, 0.15) is 17.2 Å². The molecular weight excluding hydrogens is 450 g/mol. The summed E-state index contributed by atoms with van der Waals surface area (Å²) in [6, 6.07) is 10.8. The van der Waals surface area contributed by atoms with Gasteiger partial charge in [0.25, 0.3) is 10.1 Å². The Morgan fingerprint density at radius 2 is 1.94 bits per heavy atom. The van der Waals surface area contributed by atoms with E-state index in [1.807, 2.05) is 6.07 Å². The van der Waals surface area contributed by atoms with Gasteiger partial charge in [0, 0.05) is 0 Å². The van der Waals surface area contributed by atoms with Crippen LogP contribution in [0.15, 0.2) is 42.5 Å². The van der Waals surface area contributed by atoms with Crippen LogP contribution in [0, 0.1) is 0 Å². The van der Waals surface area contributed by atoms with Gasteiger partial charge in [0.1, 0.15) is 25.9 Å². The zero-order valence-corrected chi connectivity index (χ0v) is 18.2. The lowest BCUT2D eigenvalue weighted by Gasteiger charge is -2.26. The quantitative estimate of drug-likeness (QED) is 0.563. The Bertz CT molecular complexity index is 1020. The highest BCUT2D eigenvalue weighted by Gasteiger charge is 2.28. The first-order valence-corrected chi connectivity index (χ1v) is 11.5. The number of halogens is 1. The summed E-state index contributed by atoms with van der Waals surface area (Å²) >= 11 is 6.21. The van der Waals surface area contributed by atoms with Gasteiger partial charge in [-0.3, -0.25) is 4.18 Å². The molecule has 1 aliphatic heterocycles. The molecule has 1 heterocycles. The number of amides is 1. The van der Waals surface area contributed by atoms with E-state index in [1.165, 1.54) is 12.1 Å². The number of benzene rings is 2. The molecule has 0 bridgehead atoms. The third-order valence-electron chi connectivity index (χ3n) is 4.32. The van der Waals surface area contributed by atoms with Crippen molar-refractivity contribution in [2.45, 2.75) is 18.8 Å². The molecule has 0 radical (unpaired) electrons. The first-order valence-electron chi connectivity index (χ1n) is 9.31. The molecule has 0 fully saturated rings. The zero-order chi connectivity index (χ0) is 22.4. The maximum atomic E-state index is 12.3. The van der Waals surface area contributed by atoms with Gasteiger partial charge >= 0.3 is 6.09 Å². The number of fused-ring (bicyclic) bond motifs is 1. The van der Waals surface area contributed by atoms with Crippen molar-refractivity contribution in [1.29, 1.82) is 0 Å². The van der Waals surface area contributed by atoms with Gasteiger partial charge in [-0.25, -0.2) is 4.79 Å². The lowest BCUT2D eigenvalue weighted by atomic mass is 10.0. The van der Waals surface area contributed by atoms with E-state index < -0.39 is 35.0 Å². The van der Waals surface area contributed by atoms with Crippen LogP contribution in [0.4, 0.5) is 4.79 Å². The van der Waals surface area contributed by atoms with Gasteiger partial charge in [0.2, 0.25) is 0 Å². The highest BCUT2D eigenvalue weighted by molar-refractivity contribution is 7.85. The summed E-state index contributed by atoms with van der Waals surface area (Å²) < 4.78 is 43.8. The van der Waals surface area contributed by atoms with Gasteiger partial charge in [-0.05, 0) is 23.3 Å². The first-order chi connectivity index (χ1) is 14.7. The number of hydrogen-bond donors (Lipinski definition) is 2. The summed E-state index contributed by atoms with van der Waals surface area (Å²) in [7, 11) is -3.82. The van der Waals surface area contributed by atoms with E-state index in [1.54, 1.807) is 24.3 Å². The molecule has 0 unspecified atom stereocenters. The molecule has 9 nitrogen and oxygen atoms in total. The highest BCUT2D eigenvalue weighted by atomic mass is 35.5.